The van der Waals surface area contributed by atoms with E-state index in [9.17, 15) is 4.39 Å². The molecule has 2 atom stereocenters. The van der Waals surface area contributed by atoms with Crippen LogP contribution in [0.3, 0.4) is 0 Å². The van der Waals surface area contributed by atoms with E-state index < -0.39 is 11.5 Å². The summed E-state index contributed by atoms with van der Waals surface area (Å²) >= 11 is 5.76. The fourth-order valence-electron chi connectivity index (χ4n) is 2.00. The molecule has 1 unspecified atom stereocenters. The molecule has 0 amide bonds. The number of aliphatic imine (C=N–C) groups is 1. The van der Waals surface area contributed by atoms with Crippen LogP contribution < -0.4 is 10.6 Å². The minimum Gasteiger partial charge on any atom is -0.365 e. The molecule has 5 heteroatoms. The van der Waals surface area contributed by atoms with Gasteiger partial charge in [0.2, 0.25) is 0 Å². The molecule has 0 spiro atoms. The van der Waals surface area contributed by atoms with Crippen molar-refractivity contribution in [1.82, 2.24) is 10.6 Å². The molecule has 0 aromatic rings. The van der Waals surface area contributed by atoms with Gasteiger partial charge < -0.3 is 10.6 Å². The third kappa shape index (κ3) is 2.76. The molecule has 0 saturated heterocycles. The van der Waals surface area contributed by atoms with Crippen molar-refractivity contribution in [2.24, 2.45) is 4.99 Å². The molecule has 1 fully saturated rings. The van der Waals surface area contributed by atoms with Gasteiger partial charge in [0.1, 0.15) is 0 Å². The first-order chi connectivity index (χ1) is 7.65. The number of rotatable bonds is 1. The Kier molecular flexibility index (Phi) is 3.49. The quantitative estimate of drug-likeness (QED) is 0.422. The Hall–Kier alpha value is -1.03. The van der Waals surface area contributed by atoms with Crippen LogP contribution in [0.2, 0.25) is 0 Å². The van der Waals surface area contributed by atoms with Crippen molar-refractivity contribution in [1.29, 1.82) is 0 Å². The highest BCUT2D eigenvalue weighted by Gasteiger charge is 2.21. The zero-order chi connectivity index (χ0) is 11.5. The highest BCUT2D eigenvalue weighted by molar-refractivity contribution is 6.21. The van der Waals surface area contributed by atoms with Crippen LogP contribution in [0.5, 0.6) is 0 Å². The van der Waals surface area contributed by atoms with Crippen LogP contribution in [0, 0.1) is 0 Å². The second-order valence-corrected chi connectivity index (χ2v) is 4.57. The van der Waals surface area contributed by atoms with Gasteiger partial charge in [-0.1, -0.05) is 23.8 Å². The number of hydrogen-bond acceptors (Lipinski definition) is 3. The van der Waals surface area contributed by atoms with Crippen LogP contribution in [-0.4, -0.2) is 17.5 Å². The Labute approximate surface area is 99.5 Å². The molecule has 0 bridgehead atoms. The lowest BCUT2D eigenvalue weighted by atomic mass is 9.92. The Bertz CT molecular complexity index is 351. The highest BCUT2D eigenvalue weighted by Crippen LogP contribution is 2.22. The smallest absolute Gasteiger partial charge is 0.197 e. The second kappa shape index (κ2) is 4.87. The summed E-state index contributed by atoms with van der Waals surface area (Å²) in [5, 5.41) is 5.68. The van der Waals surface area contributed by atoms with Gasteiger partial charge in [-0.05, 0) is 25.7 Å². The van der Waals surface area contributed by atoms with Gasteiger partial charge in [-0.15, -0.1) is 0 Å². The van der Waals surface area contributed by atoms with Crippen molar-refractivity contribution >= 4 is 17.4 Å². The lowest BCUT2D eigenvalue weighted by Gasteiger charge is -2.27. The molecule has 1 heterocycles. The SMILES string of the molecule is C=C1CCC[C@H](NC2=NC(Cl)NC=C2F)C1. The Balaban J connectivity index is 1.98. The van der Waals surface area contributed by atoms with Gasteiger partial charge in [0, 0.05) is 12.2 Å². The second-order valence-electron chi connectivity index (χ2n) is 4.16. The fourth-order valence-corrected chi connectivity index (χ4v) is 2.16. The predicted octanol–water partition coefficient (Wildman–Crippen LogP) is 2.41. The van der Waals surface area contributed by atoms with E-state index in [0.717, 1.165) is 25.7 Å². The van der Waals surface area contributed by atoms with Gasteiger partial charge in [0.05, 0.1) is 0 Å². The van der Waals surface area contributed by atoms with E-state index in [1.807, 2.05) is 0 Å². The summed E-state index contributed by atoms with van der Waals surface area (Å²) < 4.78 is 13.4. The molecule has 16 heavy (non-hydrogen) atoms. The minimum atomic E-state index is -0.589. The molecule has 3 nitrogen and oxygen atoms in total. The van der Waals surface area contributed by atoms with E-state index in [1.165, 1.54) is 11.8 Å². The van der Waals surface area contributed by atoms with Crippen molar-refractivity contribution in [3.05, 3.63) is 24.2 Å². The van der Waals surface area contributed by atoms with Crippen LogP contribution in [0.15, 0.2) is 29.2 Å². The maximum Gasteiger partial charge on any atom is 0.197 e. The first-order valence-corrected chi connectivity index (χ1v) is 5.86. The van der Waals surface area contributed by atoms with E-state index in [0.29, 0.717) is 0 Å². The van der Waals surface area contributed by atoms with E-state index in [4.69, 9.17) is 11.6 Å². The summed E-state index contributed by atoms with van der Waals surface area (Å²) in [5.41, 5.74) is 0.624. The molecule has 0 radical (unpaired) electrons. The van der Waals surface area contributed by atoms with Crippen molar-refractivity contribution in [2.45, 2.75) is 37.4 Å². The maximum atomic E-state index is 13.4. The van der Waals surface area contributed by atoms with Crippen LogP contribution in [0.25, 0.3) is 0 Å². The normalized spacial score (nSPS) is 30.2. The summed E-state index contributed by atoms with van der Waals surface area (Å²) in [6.45, 7) is 3.96. The average Bonchev–Trinajstić information content (AvgIpc) is 2.24. The van der Waals surface area contributed by atoms with Crippen LogP contribution >= 0.6 is 11.6 Å². The number of alkyl halides is 1. The van der Waals surface area contributed by atoms with Gasteiger partial charge in [-0.25, -0.2) is 9.38 Å². The third-order valence-electron chi connectivity index (χ3n) is 2.78. The summed E-state index contributed by atoms with van der Waals surface area (Å²) in [6, 6.07) is 0.223. The molecular weight excluding hydrogens is 229 g/mol. The molecule has 0 aromatic heterocycles. The largest absolute Gasteiger partial charge is 0.365 e. The summed E-state index contributed by atoms with van der Waals surface area (Å²) in [7, 11) is 0. The average molecular weight is 244 g/mol. The third-order valence-corrected chi connectivity index (χ3v) is 3.00. The monoisotopic (exact) mass is 243 g/mol. The Morgan fingerprint density at radius 1 is 1.62 bits per heavy atom. The van der Waals surface area contributed by atoms with Crippen LogP contribution in [0.1, 0.15) is 25.7 Å². The van der Waals surface area contributed by atoms with Crippen molar-refractivity contribution in [2.75, 3.05) is 0 Å². The van der Waals surface area contributed by atoms with Crippen molar-refractivity contribution in [3.63, 3.8) is 0 Å². The van der Waals surface area contributed by atoms with Crippen molar-refractivity contribution in [3.8, 4) is 0 Å². The summed E-state index contributed by atoms with van der Waals surface area (Å²) in [5.74, 6) is -0.147. The molecule has 88 valence electrons. The number of hydrogen-bond donors (Lipinski definition) is 2. The first-order valence-electron chi connectivity index (χ1n) is 5.42. The Morgan fingerprint density at radius 2 is 2.44 bits per heavy atom. The standard InChI is InChI=1S/C11H15ClFN3/c1-7-3-2-4-8(5-7)15-10-9(13)6-14-11(12)16-10/h6,8,11,14H,1-5H2,(H,15,16)/t8-,11?/m0/s1. The molecule has 1 aliphatic heterocycles. The van der Waals surface area contributed by atoms with Crippen molar-refractivity contribution < 1.29 is 4.39 Å². The molecule has 2 aliphatic rings. The van der Waals surface area contributed by atoms with E-state index in [-0.39, 0.29) is 11.9 Å². The fraction of sp³-hybridized carbons (Fsp3) is 0.545. The lowest BCUT2D eigenvalue weighted by Crippen LogP contribution is -2.40. The Morgan fingerprint density at radius 3 is 3.19 bits per heavy atom. The lowest BCUT2D eigenvalue weighted by molar-refractivity contribution is 0.475. The summed E-state index contributed by atoms with van der Waals surface area (Å²) in [4.78, 5) is 3.97. The van der Waals surface area contributed by atoms with Gasteiger partial charge in [-0.3, -0.25) is 0 Å². The van der Waals surface area contributed by atoms with Gasteiger partial charge in [-0.2, -0.15) is 0 Å². The predicted molar refractivity (Wildman–Crippen MR) is 63.9 cm³/mol. The first kappa shape index (κ1) is 11.5. The molecule has 2 rings (SSSR count). The minimum absolute atomic E-state index is 0.223. The van der Waals surface area contributed by atoms with E-state index in [2.05, 4.69) is 22.2 Å². The molecule has 1 saturated carbocycles. The van der Waals surface area contributed by atoms with Crippen LogP contribution in [-0.2, 0) is 0 Å². The maximum absolute atomic E-state index is 13.4. The topological polar surface area (TPSA) is 36.4 Å². The van der Waals surface area contributed by atoms with Gasteiger partial charge in [0.15, 0.2) is 17.3 Å². The van der Waals surface area contributed by atoms with Crippen LogP contribution in [0.4, 0.5) is 4.39 Å². The number of halogens is 2. The molecule has 2 N–H and O–H groups in total. The highest BCUT2D eigenvalue weighted by atomic mass is 35.5. The number of amidine groups is 1. The molecular formula is C11H15ClFN3. The summed E-state index contributed by atoms with van der Waals surface area (Å²) in [6.07, 6.45) is 5.31. The molecule has 1 aliphatic carbocycles. The number of nitrogens with one attached hydrogen (secondary N) is 2. The number of nitrogens with zero attached hydrogens (tertiary/aromatic N) is 1. The van der Waals surface area contributed by atoms with E-state index >= 15 is 0 Å². The zero-order valence-electron chi connectivity index (χ0n) is 8.97. The van der Waals surface area contributed by atoms with Gasteiger partial charge in [0.25, 0.3) is 0 Å². The molecule has 0 aromatic carbocycles. The van der Waals surface area contributed by atoms with E-state index in [1.54, 1.807) is 0 Å². The zero-order valence-corrected chi connectivity index (χ0v) is 9.73. The van der Waals surface area contributed by atoms with Gasteiger partial charge >= 0.3 is 0 Å².